The summed E-state index contributed by atoms with van der Waals surface area (Å²) in [5.41, 5.74) is 4.88. The van der Waals surface area contributed by atoms with E-state index in [9.17, 15) is 4.79 Å². The molecule has 7 heteroatoms. The third kappa shape index (κ3) is 2.79. The molecule has 3 aromatic heterocycles. The predicted octanol–water partition coefficient (Wildman–Crippen LogP) is 2.67. The normalized spacial score (nSPS) is 17.0. The van der Waals surface area contributed by atoms with Crippen LogP contribution in [0.5, 0.6) is 0 Å². The fourth-order valence-electron chi connectivity index (χ4n) is 3.39. The average Bonchev–Trinajstić information content (AvgIpc) is 3.20. The zero-order chi connectivity index (χ0) is 17.6. The minimum Gasteiger partial charge on any atom is -0.349 e. The maximum absolute atomic E-state index is 13.0. The number of amides is 1. The van der Waals surface area contributed by atoms with Crippen LogP contribution in [0, 0.1) is 6.92 Å². The molecule has 0 saturated heterocycles. The maximum Gasteiger partial charge on any atom is 0.259 e. The van der Waals surface area contributed by atoms with Gasteiger partial charge in [0.1, 0.15) is 0 Å². The number of fused-ring (bicyclic) bond motifs is 2. The Hall–Kier alpha value is -2.70. The fourth-order valence-corrected chi connectivity index (χ4v) is 3.39. The number of nitrogens with one attached hydrogen (secondary N) is 2. The van der Waals surface area contributed by atoms with Crippen molar-refractivity contribution in [3.8, 4) is 0 Å². The SMILES string of the molecule is Cc1noc2nc(C(C)C)cc(C(=O)NC3CCc4[nH]ncc4C3)c12. The van der Waals surface area contributed by atoms with Gasteiger partial charge in [-0.15, -0.1) is 0 Å². The van der Waals surface area contributed by atoms with E-state index < -0.39 is 0 Å². The van der Waals surface area contributed by atoms with E-state index in [2.05, 4.69) is 25.7 Å². The summed E-state index contributed by atoms with van der Waals surface area (Å²) < 4.78 is 5.30. The number of rotatable bonds is 3. The van der Waals surface area contributed by atoms with E-state index in [0.717, 1.165) is 25.0 Å². The standard InChI is InChI=1S/C18H21N5O2/c1-9(2)15-7-13(16-10(3)23-25-18(16)21-15)17(24)20-12-4-5-14-11(6-12)8-19-22-14/h7-9,12H,4-6H2,1-3H3,(H,19,22)(H,20,24). The number of nitrogens with zero attached hydrogens (tertiary/aromatic N) is 3. The van der Waals surface area contributed by atoms with E-state index in [-0.39, 0.29) is 17.9 Å². The van der Waals surface area contributed by atoms with Crippen molar-refractivity contribution in [3.63, 3.8) is 0 Å². The third-order valence-electron chi connectivity index (χ3n) is 4.82. The van der Waals surface area contributed by atoms with Gasteiger partial charge < -0.3 is 9.84 Å². The summed E-state index contributed by atoms with van der Waals surface area (Å²) in [5, 5.41) is 14.9. The number of carbonyl (C=O) groups is 1. The van der Waals surface area contributed by atoms with Crippen LogP contribution in [0.25, 0.3) is 11.1 Å². The molecule has 1 aliphatic rings. The summed E-state index contributed by atoms with van der Waals surface area (Å²) in [7, 11) is 0. The molecule has 1 unspecified atom stereocenters. The molecule has 25 heavy (non-hydrogen) atoms. The zero-order valence-corrected chi connectivity index (χ0v) is 14.6. The van der Waals surface area contributed by atoms with Gasteiger partial charge in [0.2, 0.25) is 0 Å². The van der Waals surface area contributed by atoms with Crippen molar-refractivity contribution in [2.75, 3.05) is 0 Å². The van der Waals surface area contributed by atoms with Crippen molar-refractivity contribution >= 4 is 17.0 Å². The van der Waals surface area contributed by atoms with E-state index in [1.54, 1.807) is 0 Å². The third-order valence-corrected chi connectivity index (χ3v) is 4.82. The zero-order valence-electron chi connectivity index (χ0n) is 14.6. The Morgan fingerprint density at radius 3 is 3.08 bits per heavy atom. The Morgan fingerprint density at radius 2 is 2.28 bits per heavy atom. The lowest BCUT2D eigenvalue weighted by Gasteiger charge is -2.23. The Labute approximate surface area is 145 Å². The largest absolute Gasteiger partial charge is 0.349 e. The van der Waals surface area contributed by atoms with Gasteiger partial charge in [0.05, 0.1) is 22.8 Å². The van der Waals surface area contributed by atoms with Crippen LogP contribution < -0.4 is 5.32 Å². The summed E-state index contributed by atoms with van der Waals surface area (Å²) in [4.78, 5) is 17.5. The molecule has 7 nitrogen and oxygen atoms in total. The number of aromatic amines is 1. The van der Waals surface area contributed by atoms with Crippen molar-refractivity contribution in [2.45, 2.75) is 52.0 Å². The molecular formula is C18H21N5O2. The molecule has 3 aromatic rings. The lowest BCUT2D eigenvalue weighted by molar-refractivity contribution is 0.0935. The van der Waals surface area contributed by atoms with E-state index in [1.807, 2.05) is 33.0 Å². The summed E-state index contributed by atoms with van der Waals surface area (Å²) in [6, 6.07) is 1.96. The number of hydrogen-bond acceptors (Lipinski definition) is 5. The number of carbonyl (C=O) groups excluding carboxylic acids is 1. The van der Waals surface area contributed by atoms with Crippen LogP contribution in [-0.4, -0.2) is 32.3 Å². The number of aryl methyl sites for hydroxylation is 2. The summed E-state index contributed by atoms with van der Waals surface area (Å²) in [6.07, 6.45) is 4.44. The van der Waals surface area contributed by atoms with Crippen LogP contribution in [0.15, 0.2) is 16.8 Å². The second-order valence-electron chi connectivity index (χ2n) is 6.98. The minimum absolute atomic E-state index is 0.0995. The van der Waals surface area contributed by atoms with Crippen molar-refractivity contribution < 1.29 is 9.32 Å². The van der Waals surface area contributed by atoms with Crippen molar-refractivity contribution in [1.82, 2.24) is 25.7 Å². The molecular weight excluding hydrogens is 318 g/mol. The molecule has 2 N–H and O–H groups in total. The van der Waals surface area contributed by atoms with Crippen LogP contribution in [0.2, 0.25) is 0 Å². The first-order valence-corrected chi connectivity index (χ1v) is 8.62. The van der Waals surface area contributed by atoms with Crippen LogP contribution in [0.4, 0.5) is 0 Å². The highest BCUT2D eigenvalue weighted by Gasteiger charge is 2.25. The Morgan fingerprint density at radius 1 is 1.44 bits per heavy atom. The second-order valence-corrected chi connectivity index (χ2v) is 6.98. The van der Waals surface area contributed by atoms with E-state index >= 15 is 0 Å². The molecule has 0 spiro atoms. The first kappa shape index (κ1) is 15.8. The summed E-state index contributed by atoms with van der Waals surface area (Å²) in [5.74, 6) is 0.0991. The van der Waals surface area contributed by atoms with Gasteiger partial charge in [-0.05, 0) is 43.7 Å². The molecule has 4 rings (SSSR count). The Balaban J connectivity index is 1.64. The lowest BCUT2D eigenvalue weighted by atomic mass is 9.93. The Bertz CT molecular complexity index is 940. The van der Waals surface area contributed by atoms with Crippen LogP contribution >= 0.6 is 0 Å². The number of H-pyrrole nitrogens is 1. The highest BCUT2D eigenvalue weighted by atomic mass is 16.5. The van der Waals surface area contributed by atoms with Gasteiger partial charge in [0.15, 0.2) is 0 Å². The smallest absolute Gasteiger partial charge is 0.259 e. The van der Waals surface area contributed by atoms with Gasteiger partial charge in [-0.3, -0.25) is 9.89 Å². The van der Waals surface area contributed by atoms with E-state index in [4.69, 9.17) is 4.52 Å². The molecule has 3 heterocycles. The molecule has 0 radical (unpaired) electrons. The highest BCUT2D eigenvalue weighted by Crippen LogP contribution is 2.26. The first-order chi connectivity index (χ1) is 12.0. The van der Waals surface area contributed by atoms with Gasteiger partial charge in [0.25, 0.3) is 11.6 Å². The van der Waals surface area contributed by atoms with Crippen molar-refractivity contribution in [1.29, 1.82) is 0 Å². The Kier molecular flexibility index (Phi) is 3.78. The molecule has 1 atom stereocenters. The highest BCUT2D eigenvalue weighted by molar-refractivity contribution is 6.06. The second kappa shape index (κ2) is 5.98. The summed E-state index contributed by atoms with van der Waals surface area (Å²) >= 11 is 0. The fraction of sp³-hybridized carbons (Fsp3) is 0.444. The van der Waals surface area contributed by atoms with Gasteiger partial charge in [-0.1, -0.05) is 19.0 Å². The molecule has 0 fully saturated rings. The van der Waals surface area contributed by atoms with E-state index in [0.29, 0.717) is 22.4 Å². The van der Waals surface area contributed by atoms with Crippen LogP contribution in [-0.2, 0) is 12.8 Å². The number of aromatic nitrogens is 4. The number of pyridine rings is 1. The predicted molar refractivity (Wildman–Crippen MR) is 92.5 cm³/mol. The van der Waals surface area contributed by atoms with Gasteiger partial charge in [-0.25, -0.2) is 4.98 Å². The molecule has 0 aliphatic heterocycles. The quantitative estimate of drug-likeness (QED) is 0.764. The van der Waals surface area contributed by atoms with Crippen molar-refractivity contribution in [3.05, 3.63) is 40.5 Å². The van der Waals surface area contributed by atoms with Gasteiger partial charge in [-0.2, -0.15) is 5.10 Å². The molecule has 0 saturated carbocycles. The summed E-state index contributed by atoms with van der Waals surface area (Å²) in [6.45, 7) is 5.92. The first-order valence-electron chi connectivity index (χ1n) is 8.62. The number of hydrogen-bond donors (Lipinski definition) is 2. The minimum atomic E-state index is -0.0995. The lowest BCUT2D eigenvalue weighted by Crippen LogP contribution is -2.38. The maximum atomic E-state index is 13.0. The molecule has 0 bridgehead atoms. The van der Waals surface area contributed by atoms with Gasteiger partial charge in [0, 0.05) is 17.4 Å². The van der Waals surface area contributed by atoms with Gasteiger partial charge >= 0.3 is 0 Å². The molecule has 1 aliphatic carbocycles. The van der Waals surface area contributed by atoms with Crippen LogP contribution in [0.3, 0.4) is 0 Å². The van der Waals surface area contributed by atoms with Crippen LogP contribution in [0.1, 0.15) is 59.2 Å². The monoisotopic (exact) mass is 339 g/mol. The van der Waals surface area contributed by atoms with E-state index in [1.165, 1.54) is 11.3 Å². The topological polar surface area (TPSA) is 96.7 Å². The van der Waals surface area contributed by atoms with Crippen molar-refractivity contribution in [2.24, 2.45) is 0 Å². The molecule has 130 valence electrons. The molecule has 0 aromatic carbocycles. The molecule has 1 amide bonds. The average molecular weight is 339 g/mol.